The highest BCUT2D eigenvalue weighted by molar-refractivity contribution is 5.93. The van der Waals surface area contributed by atoms with E-state index in [0.717, 1.165) is 29.4 Å². The summed E-state index contributed by atoms with van der Waals surface area (Å²) in [6, 6.07) is 11.3. The summed E-state index contributed by atoms with van der Waals surface area (Å²) in [4.78, 5) is 25.0. The van der Waals surface area contributed by atoms with Gasteiger partial charge in [-0.1, -0.05) is 31.5 Å². The fourth-order valence-electron chi connectivity index (χ4n) is 2.34. The van der Waals surface area contributed by atoms with Crippen molar-refractivity contribution in [2.75, 3.05) is 11.9 Å². The quantitative estimate of drug-likeness (QED) is 0.681. The van der Waals surface area contributed by atoms with Crippen LogP contribution in [0.1, 0.15) is 30.3 Å². The molecule has 2 aromatic heterocycles. The summed E-state index contributed by atoms with van der Waals surface area (Å²) in [5.41, 5.74) is 1.98. The Morgan fingerprint density at radius 3 is 2.83 bits per heavy atom. The number of nitrogens with one attached hydrogen (secondary N) is 2. The minimum absolute atomic E-state index is 0.190. The molecule has 0 spiro atoms. The average molecular weight is 321 g/mol. The highest BCUT2D eigenvalue weighted by Gasteiger charge is 2.09. The van der Waals surface area contributed by atoms with Crippen molar-refractivity contribution in [3.05, 3.63) is 54.5 Å². The van der Waals surface area contributed by atoms with E-state index in [9.17, 15) is 4.79 Å². The van der Waals surface area contributed by atoms with Crippen LogP contribution in [-0.2, 0) is 0 Å². The fourth-order valence-corrected chi connectivity index (χ4v) is 2.34. The van der Waals surface area contributed by atoms with Gasteiger partial charge >= 0.3 is 0 Å². The molecule has 2 N–H and O–H groups in total. The third kappa shape index (κ3) is 3.65. The topological polar surface area (TPSA) is 79.8 Å². The van der Waals surface area contributed by atoms with Crippen LogP contribution in [0.25, 0.3) is 10.9 Å². The highest BCUT2D eigenvalue weighted by atomic mass is 16.1. The molecule has 0 aliphatic carbocycles. The normalized spacial score (nSPS) is 10.5. The molecule has 3 rings (SSSR count). The SMILES string of the molecule is CCCCNC(=O)c1ccnc(Nc2cccc3cccnc23)n1. The Balaban J connectivity index is 1.80. The first-order valence-corrected chi connectivity index (χ1v) is 8.00. The molecule has 0 saturated carbocycles. The Kier molecular flexibility index (Phi) is 4.96. The zero-order chi connectivity index (χ0) is 16.8. The number of nitrogens with zero attached hydrogens (tertiary/aromatic N) is 3. The summed E-state index contributed by atoms with van der Waals surface area (Å²) in [7, 11) is 0. The number of amides is 1. The number of pyridine rings is 1. The van der Waals surface area contributed by atoms with Crippen molar-refractivity contribution >= 4 is 28.4 Å². The van der Waals surface area contributed by atoms with Crippen LogP contribution in [0.5, 0.6) is 0 Å². The molecular weight excluding hydrogens is 302 g/mol. The fraction of sp³-hybridized carbons (Fsp3) is 0.222. The van der Waals surface area contributed by atoms with Crippen LogP contribution < -0.4 is 10.6 Å². The largest absolute Gasteiger partial charge is 0.351 e. The van der Waals surface area contributed by atoms with Crippen molar-refractivity contribution in [3.8, 4) is 0 Å². The highest BCUT2D eigenvalue weighted by Crippen LogP contribution is 2.22. The van der Waals surface area contributed by atoms with Crippen molar-refractivity contribution in [2.24, 2.45) is 0 Å². The molecule has 0 fully saturated rings. The lowest BCUT2D eigenvalue weighted by atomic mass is 10.2. The van der Waals surface area contributed by atoms with Crippen LogP contribution in [-0.4, -0.2) is 27.4 Å². The first kappa shape index (κ1) is 15.9. The van der Waals surface area contributed by atoms with Gasteiger partial charge in [0.2, 0.25) is 5.95 Å². The molecule has 24 heavy (non-hydrogen) atoms. The molecule has 122 valence electrons. The Labute approximate surface area is 140 Å². The third-order valence-corrected chi connectivity index (χ3v) is 3.58. The maximum atomic E-state index is 12.1. The molecule has 0 atom stereocenters. The third-order valence-electron chi connectivity index (χ3n) is 3.58. The van der Waals surface area contributed by atoms with Crippen LogP contribution >= 0.6 is 0 Å². The van der Waals surface area contributed by atoms with E-state index in [1.807, 2.05) is 30.3 Å². The van der Waals surface area contributed by atoms with Crippen molar-refractivity contribution in [2.45, 2.75) is 19.8 Å². The van der Waals surface area contributed by atoms with Gasteiger partial charge in [-0.25, -0.2) is 9.97 Å². The van der Waals surface area contributed by atoms with Gasteiger partial charge < -0.3 is 10.6 Å². The first-order chi connectivity index (χ1) is 11.8. The van der Waals surface area contributed by atoms with Crippen molar-refractivity contribution in [1.82, 2.24) is 20.3 Å². The lowest BCUT2D eigenvalue weighted by Crippen LogP contribution is -2.25. The zero-order valence-corrected chi connectivity index (χ0v) is 13.5. The van der Waals surface area contributed by atoms with Gasteiger partial charge in [0.05, 0.1) is 11.2 Å². The maximum Gasteiger partial charge on any atom is 0.270 e. The van der Waals surface area contributed by atoms with E-state index in [0.29, 0.717) is 18.2 Å². The van der Waals surface area contributed by atoms with Crippen LogP contribution in [0, 0.1) is 0 Å². The minimum Gasteiger partial charge on any atom is -0.351 e. The molecule has 3 aromatic rings. The van der Waals surface area contributed by atoms with Crippen molar-refractivity contribution in [3.63, 3.8) is 0 Å². The molecule has 6 heteroatoms. The molecular formula is C18H19N5O. The van der Waals surface area contributed by atoms with Crippen molar-refractivity contribution in [1.29, 1.82) is 0 Å². The Morgan fingerprint density at radius 2 is 1.96 bits per heavy atom. The maximum absolute atomic E-state index is 12.1. The van der Waals surface area contributed by atoms with Crippen molar-refractivity contribution < 1.29 is 4.79 Å². The monoisotopic (exact) mass is 321 g/mol. The van der Waals surface area contributed by atoms with Crippen LogP contribution in [0.3, 0.4) is 0 Å². The predicted octanol–water partition coefficient (Wildman–Crippen LogP) is 3.30. The average Bonchev–Trinajstić information content (AvgIpc) is 2.62. The Bertz CT molecular complexity index is 844. The van der Waals surface area contributed by atoms with E-state index in [-0.39, 0.29) is 5.91 Å². The van der Waals surface area contributed by atoms with E-state index in [1.165, 1.54) is 0 Å². The number of carbonyl (C=O) groups is 1. The number of anilines is 2. The molecule has 6 nitrogen and oxygen atoms in total. The second kappa shape index (κ2) is 7.50. The molecule has 0 bridgehead atoms. The lowest BCUT2D eigenvalue weighted by molar-refractivity contribution is 0.0948. The number of hydrogen-bond donors (Lipinski definition) is 2. The van der Waals surface area contributed by atoms with E-state index in [2.05, 4.69) is 32.5 Å². The molecule has 0 aliphatic rings. The molecule has 1 amide bonds. The summed E-state index contributed by atoms with van der Waals surface area (Å²) in [6.45, 7) is 2.73. The lowest BCUT2D eigenvalue weighted by Gasteiger charge is -2.09. The van der Waals surface area contributed by atoms with Gasteiger partial charge in [0, 0.05) is 24.3 Å². The molecule has 0 saturated heterocycles. The van der Waals surface area contributed by atoms with E-state index in [4.69, 9.17) is 0 Å². The molecule has 0 radical (unpaired) electrons. The summed E-state index contributed by atoms with van der Waals surface area (Å²) in [5.74, 6) is 0.182. The van der Waals surface area contributed by atoms with Gasteiger partial charge in [-0.3, -0.25) is 9.78 Å². The number of hydrogen-bond acceptors (Lipinski definition) is 5. The summed E-state index contributed by atoms with van der Waals surface area (Å²) >= 11 is 0. The molecule has 0 aliphatic heterocycles. The number of rotatable bonds is 6. The smallest absolute Gasteiger partial charge is 0.270 e. The molecule has 2 heterocycles. The second-order valence-corrected chi connectivity index (χ2v) is 5.38. The number of carbonyl (C=O) groups excluding carboxylic acids is 1. The number of aromatic nitrogens is 3. The van der Waals surface area contributed by atoms with Gasteiger partial charge in [0.1, 0.15) is 5.69 Å². The van der Waals surface area contributed by atoms with Gasteiger partial charge in [-0.2, -0.15) is 0 Å². The van der Waals surface area contributed by atoms with E-state index in [1.54, 1.807) is 18.5 Å². The summed E-state index contributed by atoms with van der Waals surface area (Å²) in [5, 5.41) is 7.02. The Morgan fingerprint density at radius 1 is 1.08 bits per heavy atom. The van der Waals surface area contributed by atoms with E-state index < -0.39 is 0 Å². The molecule has 1 aromatic carbocycles. The van der Waals surface area contributed by atoms with Crippen LogP contribution in [0.2, 0.25) is 0 Å². The zero-order valence-electron chi connectivity index (χ0n) is 13.5. The Hall–Kier alpha value is -3.02. The minimum atomic E-state index is -0.190. The standard InChI is InChI=1S/C18H19N5O/c1-2-3-10-20-17(24)15-9-12-21-18(23-15)22-14-8-4-6-13-7-5-11-19-16(13)14/h4-9,11-12H,2-3,10H2,1H3,(H,20,24)(H,21,22,23). The number of unbranched alkanes of at least 4 members (excludes halogenated alkanes) is 1. The van der Waals surface area contributed by atoms with Gasteiger partial charge in [-0.05, 0) is 24.6 Å². The first-order valence-electron chi connectivity index (χ1n) is 8.00. The van der Waals surface area contributed by atoms with Crippen LogP contribution in [0.4, 0.5) is 11.6 Å². The van der Waals surface area contributed by atoms with E-state index >= 15 is 0 Å². The summed E-state index contributed by atoms with van der Waals surface area (Å²) in [6.07, 6.45) is 5.29. The van der Waals surface area contributed by atoms with Gasteiger partial charge in [-0.15, -0.1) is 0 Å². The number of fused-ring (bicyclic) bond motifs is 1. The summed E-state index contributed by atoms with van der Waals surface area (Å²) < 4.78 is 0. The number of para-hydroxylation sites is 1. The molecule has 0 unspecified atom stereocenters. The van der Waals surface area contributed by atoms with Gasteiger partial charge in [0.15, 0.2) is 0 Å². The number of benzene rings is 1. The second-order valence-electron chi connectivity index (χ2n) is 5.38. The van der Waals surface area contributed by atoms with Crippen LogP contribution in [0.15, 0.2) is 48.8 Å². The van der Waals surface area contributed by atoms with Gasteiger partial charge in [0.25, 0.3) is 5.91 Å². The predicted molar refractivity (Wildman–Crippen MR) is 94.3 cm³/mol.